The van der Waals surface area contributed by atoms with Gasteiger partial charge in [-0.1, -0.05) is 0 Å². The zero-order chi connectivity index (χ0) is 9.68. The second-order valence-electron chi connectivity index (χ2n) is 3.34. The van der Waals surface area contributed by atoms with E-state index in [9.17, 15) is 4.79 Å². The summed E-state index contributed by atoms with van der Waals surface area (Å²) in [6, 6.07) is 0.389. The smallest absolute Gasteiger partial charge is 0.223 e. The van der Waals surface area contributed by atoms with Gasteiger partial charge in [-0.15, -0.1) is 12.4 Å². The van der Waals surface area contributed by atoms with Crippen LogP contribution in [0.2, 0.25) is 0 Å². The number of hydrogen-bond acceptors (Lipinski definition) is 3. The highest BCUT2D eigenvalue weighted by molar-refractivity contribution is 7.99. The first-order valence-corrected chi connectivity index (χ1v) is 5.94. The largest absolute Gasteiger partial charge is 0.346 e. The van der Waals surface area contributed by atoms with Crippen LogP contribution in [0.4, 0.5) is 0 Å². The summed E-state index contributed by atoms with van der Waals surface area (Å²) in [7, 11) is 1.86. The molecule has 0 aliphatic carbocycles. The lowest BCUT2D eigenvalue weighted by molar-refractivity contribution is -0.130. The molecule has 0 aromatic rings. The molecule has 1 amide bonds. The van der Waals surface area contributed by atoms with Crippen LogP contribution in [0.3, 0.4) is 0 Å². The van der Waals surface area contributed by atoms with Crippen LogP contribution < -0.4 is 5.32 Å². The average molecular weight is 239 g/mol. The molecule has 1 saturated heterocycles. The third-order valence-corrected chi connectivity index (χ3v) is 3.45. The molecule has 0 aromatic carbocycles. The number of thioether (sulfide) groups is 1. The van der Waals surface area contributed by atoms with Crippen molar-refractivity contribution in [3.63, 3.8) is 0 Å². The Morgan fingerprint density at radius 2 is 2.36 bits per heavy atom. The number of carbonyl (C=O) groups is 1. The Kier molecular flexibility index (Phi) is 7.41. The van der Waals surface area contributed by atoms with E-state index < -0.39 is 0 Å². The molecule has 0 spiro atoms. The Hall–Kier alpha value is 0.0700. The standard InChI is InChI=1S/C9H18N2OS.ClH/c1-3-11(2)9(12)6-8-7-13-5-4-10-8;/h8,10H,3-7H2,1-2H3;1H. The third kappa shape index (κ3) is 4.53. The molecular weight excluding hydrogens is 220 g/mol. The van der Waals surface area contributed by atoms with Crippen LogP contribution in [0.1, 0.15) is 13.3 Å². The van der Waals surface area contributed by atoms with E-state index in [0.29, 0.717) is 12.5 Å². The van der Waals surface area contributed by atoms with E-state index in [1.54, 1.807) is 4.90 Å². The Labute approximate surface area is 96.4 Å². The van der Waals surface area contributed by atoms with E-state index in [2.05, 4.69) is 5.32 Å². The topological polar surface area (TPSA) is 32.3 Å². The molecular formula is C9H19ClN2OS. The Balaban J connectivity index is 0.00000169. The van der Waals surface area contributed by atoms with Crippen LogP contribution in [0, 0.1) is 0 Å². The molecule has 1 heterocycles. The highest BCUT2D eigenvalue weighted by atomic mass is 35.5. The highest BCUT2D eigenvalue weighted by Crippen LogP contribution is 2.10. The molecule has 5 heteroatoms. The van der Waals surface area contributed by atoms with Crippen molar-refractivity contribution in [1.29, 1.82) is 0 Å². The predicted molar refractivity (Wildman–Crippen MR) is 64.3 cm³/mol. The van der Waals surface area contributed by atoms with E-state index in [-0.39, 0.29) is 18.3 Å². The van der Waals surface area contributed by atoms with Gasteiger partial charge in [0, 0.05) is 44.1 Å². The normalized spacial score (nSPS) is 21.1. The van der Waals surface area contributed by atoms with Gasteiger partial charge < -0.3 is 10.2 Å². The summed E-state index contributed by atoms with van der Waals surface area (Å²) in [6.45, 7) is 3.85. The molecule has 1 N–H and O–H groups in total. The van der Waals surface area contributed by atoms with Gasteiger partial charge >= 0.3 is 0 Å². The fraction of sp³-hybridized carbons (Fsp3) is 0.889. The van der Waals surface area contributed by atoms with Gasteiger partial charge in [-0.05, 0) is 6.92 Å². The van der Waals surface area contributed by atoms with Crippen molar-refractivity contribution in [2.24, 2.45) is 0 Å². The molecule has 84 valence electrons. The minimum atomic E-state index is 0. The van der Waals surface area contributed by atoms with Gasteiger partial charge in [0.05, 0.1) is 0 Å². The SMILES string of the molecule is CCN(C)C(=O)CC1CSCCN1.Cl. The molecule has 1 aliphatic heterocycles. The quantitative estimate of drug-likeness (QED) is 0.796. The first-order chi connectivity index (χ1) is 6.24. The maximum absolute atomic E-state index is 11.5. The average Bonchev–Trinajstić information content (AvgIpc) is 2.18. The number of rotatable bonds is 3. The molecule has 0 aromatic heterocycles. The zero-order valence-corrected chi connectivity index (χ0v) is 10.4. The second-order valence-corrected chi connectivity index (χ2v) is 4.49. The monoisotopic (exact) mass is 238 g/mol. The molecule has 1 aliphatic rings. The maximum Gasteiger partial charge on any atom is 0.223 e. The Morgan fingerprint density at radius 1 is 1.64 bits per heavy atom. The Morgan fingerprint density at radius 3 is 2.86 bits per heavy atom. The van der Waals surface area contributed by atoms with E-state index in [0.717, 1.165) is 18.8 Å². The summed E-state index contributed by atoms with van der Waals surface area (Å²) in [6.07, 6.45) is 0.650. The summed E-state index contributed by atoms with van der Waals surface area (Å²) >= 11 is 1.93. The molecule has 1 rings (SSSR count). The molecule has 0 radical (unpaired) electrons. The van der Waals surface area contributed by atoms with Gasteiger partial charge in [0.15, 0.2) is 0 Å². The van der Waals surface area contributed by atoms with Crippen LogP contribution >= 0.6 is 24.2 Å². The lowest BCUT2D eigenvalue weighted by Crippen LogP contribution is -2.41. The van der Waals surface area contributed by atoms with Crippen molar-refractivity contribution in [3.8, 4) is 0 Å². The van der Waals surface area contributed by atoms with Crippen molar-refractivity contribution in [2.45, 2.75) is 19.4 Å². The fourth-order valence-corrected chi connectivity index (χ4v) is 2.24. The number of hydrogen-bond donors (Lipinski definition) is 1. The molecule has 3 nitrogen and oxygen atoms in total. The summed E-state index contributed by atoms with van der Waals surface area (Å²) in [5.41, 5.74) is 0. The maximum atomic E-state index is 11.5. The minimum Gasteiger partial charge on any atom is -0.346 e. The van der Waals surface area contributed by atoms with Crippen LogP contribution in [0.5, 0.6) is 0 Å². The lowest BCUT2D eigenvalue weighted by Gasteiger charge is -2.24. The van der Waals surface area contributed by atoms with Gasteiger partial charge in [-0.25, -0.2) is 0 Å². The first-order valence-electron chi connectivity index (χ1n) is 4.79. The van der Waals surface area contributed by atoms with Gasteiger partial charge in [0.2, 0.25) is 5.91 Å². The molecule has 1 atom stereocenters. The second kappa shape index (κ2) is 7.37. The highest BCUT2D eigenvalue weighted by Gasteiger charge is 2.17. The number of halogens is 1. The molecule has 1 fully saturated rings. The lowest BCUT2D eigenvalue weighted by atomic mass is 10.2. The van der Waals surface area contributed by atoms with Gasteiger partial charge in [-0.3, -0.25) is 4.79 Å². The van der Waals surface area contributed by atoms with Crippen LogP contribution in [0.25, 0.3) is 0 Å². The van der Waals surface area contributed by atoms with Crippen molar-refractivity contribution in [1.82, 2.24) is 10.2 Å². The molecule has 0 bridgehead atoms. The third-order valence-electron chi connectivity index (χ3n) is 2.32. The number of amides is 1. The van der Waals surface area contributed by atoms with Crippen molar-refractivity contribution in [2.75, 3.05) is 31.6 Å². The van der Waals surface area contributed by atoms with E-state index in [1.807, 2.05) is 25.7 Å². The zero-order valence-electron chi connectivity index (χ0n) is 8.78. The summed E-state index contributed by atoms with van der Waals surface area (Å²) < 4.78 is 0. The summed E-state index contributed by atoms with van der Waals surface area (Å²) in [5.74, 6) is 2.50. The summed E-state index contributed by atoms with van der Waals surface area (Å²) in [4.78, 5) is 13.3. The minimum absolute atomic E-state index is 0. The molecule has 1 unspecified atom stereocenters. The van der Waals surface area contributed by atoms with Gasteiger partial charge in [-0.2, -0.15) is 11.8 Å². The van der Waals surface area contributed by atoms with Gasteiger partial charge in [0.25, 0.3) is 0 Å². The first kappa shape index (κ1) is 14.1. The van der Waals surface area contributed by atoms with Crippen LogP contribution in [-0.4, -0.2) is 48.5 Å². The summed E-state index contributed by atoms with van der Waals surface area (Å²) in [5, 5.41) is 3.36. The predicted octanol–water partition coefficient (Wildman–Crippen LogP) is 0.982. The van der Waals surface area contributed by atoms with E-state index in [4.69, 9.17) is 0 Å². The van der Waals surface area contributed by atoms with Crippen molar-refractivity contribution < 1.29 is 4.79 Å². The fourth-order valence-electron chi connectivity index (χ4n) is 1.29. The number of nitrogens with one attached hydrogen (secondary N) is 1. The van der Waals surface area contributed by atoms with Crippen molar-refractivity contribution in [3.05, 3.63) is 0 Å². The van der Waals surface area contributed by atoms with Crippen molar-refractivity contribution >= 4 is 30.1 Å². The Bertz CT molecular complexity index is 174. The number of carbonyl (C=O) groups excluding carboxylic acids is 1. The molecule has 14 heavy (non-hydrogen) atoms. The van der Waals surface area contributed by atoms with E-state index >= 15 is 0 Å². The number of nitrogens with zero attached hydrogens (tertiary/aromatic N) is 1. The van der Waals surface area contributed by atoms with E-state index in [1.165, 1.54) is 5.75 Å². The van der Waals surface area contributed by atoms with Crippen LogP contribution in [-0.2, 0) is 4.79 Å². The molecule has 0 saturated carbocycles. The van der Waals surface area contributed by atoms with Gasteiger partial charge in [0.1, 0.15) is 0 Å². The van der Waals surface area contributed by atoms with Crippen LogP contribution in [0.15, 0.2) is 0 Å².